The van der Waals surface area contributed by atoms with Crippen LogP contribution in [0.3, 0.4) is 0 Å². The van der Waals surface area contributed by atoms with E-state index in [-0.39, 0.29) is 16.6 Å². The molecule has 7 nitrogen and oxygen atoms in total. The monoisotopic (exact) mass is 416 g/mol. The van der Waals surface area contributed by atoms with Crippen molar-refractivity contribution in [1.29, 1.82) is 0 Å². The van der Waals surface area contributed by atoms with Crippen molar-refractivity contribution >= 4 is 32.9 Å². The third-order valence-electron chi connectivity index (χ3n) is 4.13. The van der Waals surface area contributed by atoms with Gasteiger partial charge in [0.15, 0.2) is 0 Å². The van der Waals surface area contributed by atoms with Crippen molar-refractivity contribution in [3.05, 3.63) is 72.5 Å². The number of pyridine rings is 1. The molecule has 0 aliphatic carbocycles. The molecule has 0 saturated carbocycles. The maximum atomic E-state index is 12.7. The van der Waals surface area contributed by atoms with Gasteiger partial charge in [-0.3, -0.25) is 18.7 Å². The van der Waals surface area contributed by atoms with Crippen LogP contribution in [-0.4, -0.2) is 20.0 Å². The zero-order chi connectivity index (χ0) is 19.0. The van der Waals surface area contributed by atoms with E-state index >= 15 is 0 Å². The number of carbonyl (C=O) groups excluding carboxylic acids is 1. The van der Waals surface area contributed by atoms with Gasteiger partial charge in [0.1, 0.15) is 5.65 Å². The maximum Gasteiger partial charge on any atom is 0.332 e. The minimum atomic E-state index is -0.539. The fourth-order valence-electron chi connectivity index (χ4n) is 2.78. The Labute approximate surface area is 157 Å². The number of aryl methyl sites for hydroxylation is 2. The van der Waals surface area contributed by atoms with Gasteiger partial charge >= 0.3 is 5.69 Å². The van der Waals surface area contributed by atoms with E-state index in [2.05, 4.69) is 26.2 Å². The molecule has 0 aliphatic heterocycles. The first kappa shape index (κ1) is 18.1. The number of hydrogen-bond donors (Lipinski definition) is 1. The second-order valence-corrected chi connectivity index (χ2v) is 6.94. The Bertz CT molecular complexity index is 1150. The molecule has 0 unspecified atom stereocenters. The van der Waals surface area contributed by atoms with Crippen molar-refractivity contribution in [2.45, 2.75) is 13.5 Å². The van der Waals surface area contributed by atoms with Gasteiger partial charge in [0, 0.05) is 30.8 Å². The summed E-state index contributed by atoms with van der Waals surface area (Å²) in [6, 6.07) is 9.13. The van der Waals surface area contributed by atoms with Crippen LogP contribution in [0.2, 0.25) is 0 Å². The van der Waals surface area contributed by atoms with Crippen LogP contribution in [0.25, 0.3) is 11.0 Å². The summed E-state index contributed by atoms with van der Waals surface area (Å²) in [4.78, 5) is 41.7. The lowest BCUT2D eigenvalue weighted by Crippen LogP contribution is -2.38. The fraction of sp³-hybridized carbons (Fsp3) is 0.222. The third-order valence-corrected chi connectivity index (χ3v) is 4.62. The predicted octanol–water partition coefficient (Wildman–Crippen LogP) is 1.63. The molecule has 1 amide bonds. The summed E-state index contributed by atoms with van der Waals surface area (Å²) in [6.07, 6.45) is 0. The Hall–Kier alpha value is -2.74. The fourth-order valence-corrected chi connectivity index (χ4v) is 3.23. The molecule has 0 atom stereocenters. The van der Waals surface area contributed by atoms with E-state index in [1.54, 1.807) is 13.0 Å². The zero-order valence-electron chi connectivity index (χ0n) is 14.5. The molecule has 26 heavy (non-hydrogen) atoms. The van der Waals surface area contributed by atoms with E-state index in [4.69, 9.17) is 0 Å². The molecule has 1 N–H and O–H groups in total. The lowest BCUT2D eigenvalue weighted by Gasteiger charge is -2.12. The molecule has 134 valence electrons. The molecule has 8 heteroatoms. The van der Waals surface area contributed by atoms with Crippen molar-refractivity contribution < 1.29 is 4.79 Å². The Kier molecular flexibility index (Phi) is 4.78. The number of rotatable bonds is 3. The van der Waals surface area contributed by atoms with Crippen LogP contribution in [-0.2, 0) is 20.6 Å². The highest BCUT2D eigenvalue weighted by Gasteiger charge is 2.19. The minimum Gasteiger partial charge on any atom is -0.348 e. The normalized spacial score (nSPS) is 10.9. The molecule has 0 radical (unpaired) electrons. The van der Waals surface area contributed by atoms with Gasteiger partial charge in [0.05, 0.1) is 10.9 Å². The van der Waals surface area contributed by atoms with Crippen molar-refractivity contribution in [3.63, 3.8) is 0 Å². The summed E-state index contributed by atoms with van der Waals surface area (Å²) < 4.78 is 3.16. The summed E-state index contributed by atoms with van der Waals surface area (Å²) in [6.45, 7) is 2.03. The highest BCUT2D eigenvalue weighted by Crippen LogP contribution is 2.15. The van der Waals surface area contributed by atoms with Gasteiger partial charge in [0.25, 0.3) is 11.5 Å². The minimum absolute atomic E-state index is 0.131. The predicted molar refractivity (Wildman–Crippen MR) is 102 cm³/mol. The quantitative estimate of drug-likeness (QED) is 0.702. The van der Waals surface area contributed by atoms with Crippen LogP contribution in [0.1, 0.15) is 21.6 Å². The third kappa shape index (κ3) is 3.20. The van der Waals surface area contributed by atoms with E-state index in [0.717, 1.165) is 14.6 Å². The van der Waals surface area contributed by atoms with Crippen LogP contribution in [0.15, 0.2) is 44.4 Å². The summed E-state index contributed by atoms with van der Waals surface area (Å²) in [5.41, 5.74) is 0.852. The van der Waals surface area contributed by atoms with Gasteiger partial charge in [0.2, 0.25) is 0 Å². The smallest absolute Gasteiger partial charge is 0.332 e. The highest BCUT2D eigenvalue weighted by molar-refractivity contribution is 9.10. The van der Waals surface area contributed by atoms with Crippen LogP contribution in [0.4, 0.5) is 0 Å². The van der Waals surface area contributed by atoms with Gasteiger partial charge < -0.3 is 5.32 Å². The van der Waals surface area contributed by atoms with Crippen LogP contribution >= 0.6 is 15.9 Å². The summed E-state index contributed by atoms with van der Waals surface area (Å²) >= 11 is 3.39. The number of amides is 1. The number of hydrogen-bond acceptors (Lipinski definition) is 4. The number of halogens is 1. The molecule has 1 aromatic carbocycles. The first-order chi connectivity index (χ1) is 12.3. The number of carbonyl (C=O) groups is 1. The van der Waals surface area contributed by atoms with Crippen molar-refractivity contribution in [2.24, 2.45) is 14.1 Å². The van der Waals surface area contributed by atoms with Crippen molar-refractivity contribution in [1.82, 2.24) is 19.4 Å². The van der Waals surface area contributed by atoms with Crippen molar-refractivity contribution in [2.75, 3.05) is 0 Å². The second-order valence-electron chi connectivity index (χ2n) is 6.03. The summed E-state index contributed by atoms with van der Waals surface area (Å²) in [5, 5.41) is 2.95. The zero-order valence-corrected chi connectivity index (χ0v) is 16.1. The summed E-state index contributed by atoms with van der Waals surface area (Å²) in [5.74, 6) is -0.392. The van der Waals surface area contributed by atoms with E-state index in [0.29, 0.717) is 12.2 Å². The molecule has 0 fully saturated rings. The number of nitrogens with zero attached hydrogens (tertiary/aromatic N) is 3. The van der Waals surface area contributed by atoms with E-state index in [1.807, 2.05) is 24.3 Å². The first-order valence-electron chi connectivity index (χ1n) is 7.89. The number of aromatic nitrogens is 3. The van der Waals surface area contributed by atoms with Crippen LogP contribution < -0.4 is 16.6 Å². The van der Waals surface area contributed by atoms with Gasteiger partial charge in [-0.1, -0.05) is 28.1 Å². The SMILES string of the molecule is Cc1cc(C(=O)NCc2cccc(Br)c2)c2c(=O)n(C)c(=O)n(C)c2n1. The van der Waals surface area contributed by atoms with Gasteiger partial charge in [-0.05, 0) is 30.7 Å². The second kappa shape index (κ2) is 6.87. The highest BCUT2D eigenvalue weighted by atomic mass is 79.9. The molecule has 2 aromatic heterocycles. The maximum absolute atomic E-state index is 12.7. The lowest BCUT2D eigenvalue weighted by atomic mass is 10.1. The van der Waals surface area contributed by atoms with Crippen LogP contribution in [0.5, 0.6) is 0 Å². The number of nitrogens with one attached hydrogen (secondary N) is 1. The Balaban J connectivity index is 2.08. The van der Waals surface area contributed by atoms with Crippen LogP contribution in [0, 0.1) is 6.92 Å². The molecule has 0 spiro atoms. The largest absolute Gasteiger partial charge is 0.348 e. The molecular formula is C18H17BrN4O3. The first-order valence-corrected chi connectivity index (χ1v) is 8.69. The Morgan fingerprint density at radius 1 is 1.19 bits per heavy atom. The van der Waals surface area contributed by atoms with Gasteiger partial charge in [-0.25, -0.2) is 9.78 Å². The topological polar surface area (TPSA) is 86.0 Å². The number of benzene rings is 1. The van der Waals surface area contributed by atoms with E-state index in [9.17, 15) is 14.4 Å². The molecule has 0 aliphatic rings. The van der Waals surface area contributed by atoms with E-state index in [1.165, 1.54) is 18.7 Å². The Morgan fingerprint density at radius 3 is 2.62 bits per heavy atom. The number of fused-ring (bicyclic) bond motifs is 1. The average molecular weight is 417 g/mol. The molecule has 0 bridgehead atoms. The summed E-state index contributed by atoms with van der Waals surface area (Å²) in [7, 11) is 2.91. The standard InChI is InChI=1S/C18H17BrN4O3/c1-10-7-13(16(24)20-9-11-5-4-6-12(19)8-11)14-15(21-10)22(2)18(26)23(3)17(14)25/h4-8H,9H2,1-3H3,(H,20,24). The van der Waals surface area contributed by atoms with Gasteiger partial charge in [-0.2, -0.15) is 0 Å². The Morgan fingerprint density at radius 2 is 1.92 bits per heavy atom. The molecule has 2 heterocycles. The average Bonchev–Trinajstić information content (AvgIpc) is 2.62. The van der Waals surface area contributed by atoms with Crippen molar-refractivity contribution in [3.8, 4) is 0 Å². The lowest BCUT2D eigenvalue weighted by molar-refractivity contribution is 0.0952. The molecular weight excluding hydrogens is 400 g/mol. The van der Waals surface area contributed by atoms with Gasteiger partial charge in [-0.15, -0.1) is 0 Å². The molecule has 0 saturated heterocycles. The van der Waals surface area contributed by atoms with E-state index < -0.39 is 17.2 Å². The molecule has 3 aromatic rings. The molecule has 3 rings (SSSR count).